The minimum atomic E-state index is -0.809. The largest absolute Gasteiger partial charge is 0.390 e. The van der Waals surface area contributed by atoms with E-state index >= 15 is 0 Å². The number of aromatic nitrogens is 1. The SMILES string of the molecule is N#Cc1ccc2cc(N3C(=O)[C@@H]4C(O)CCN4C3=O)ccc2n1. The van der Waals surface area contributed by atoms with Crippen molar-refractivity contribution in [3.63, 3.8) is 0 Å². The number of aliphatic hydroxyl groups is 1. The summed E-state index contributed by atoms with van der Waals surface area (Å²) in [6.45, 7) is 0.383. The third-order valence-corrected chi connectivity index (χ3v) is 4.32. The Bertz CT molecular complexity index is 889. The number of urea groups is 1. The number of benzene rings is 1. The summed E-state index contributed by atoms with van der Waals surface area (Å²) in [5, 5.41) is 19.5. The molecule has 7 nitrogen and oxygen atoms in total. The maximum absolute atomic E-state index is 12.5. The summed E-state index contributed by atoms with van der Waals surface area (Å²) in [6, 6.07) is 9.08. The van der Waals surface area contributed by atoms with Gasteiger partial charge in [0.25, 0.3) is 5.91 Å². The number of anilines is 1. The Morgan fingerprint density at radius 2 is 2.09 bits per heavy atom. The molecule has 1 N–H and O–H groups in total. The molecule has 2 atom stereocenters. The van der Waals surface area contributed by atoms with E-state index in [9.17, 15) is 14.7 Å². The van der Waals surface area contributed by atoms with E-state index in [2.05, 4.69) is 4.98 Å². The van der Waals surface area contributed by atoms with Crippen LogP contribution < -0.4 is 4.90 Å². The summed E-state index contributed by atoms with van der Waals surface area (Å²) >= 11 is 0. The Balaban J connectivity index is 1.76. The Morgan fingerprint density at radius 3 is 2.83 bits per heavy atom. The van der Waals surface area contributed by atoms with Crippen molar-refractivity contribution < 1.29 is 14.7 Å². The number of nitrogens with zero attached hydrogens (tertiary/aromatic N) is 4. The first-order valence-electron chi connectivity index (χ1n) is 7.24. The maximum Gasteiger partial charge on any atom is 0.332 e. The van der Waals surface area contributed by atoms with Crippen molar-refractivity contribution in [2.24, 2.45) is 0 Å². The molecule has 0 bridgehead atoms. The van der Waals surface area contributed by atoms with Crippen LogP contribution in [0.15, 0.2) is 30.3 Å². The molecule has 0 radical (unpaired) electrons. The topological polar surface area (TPSA) is 97.5 Å². The molecule has 2 fully saturated rings. The quantitative estimate of drug-likeness (QED) is 0.793. The van der Waals surface area contributed by atoms with Crippen LogP contribution in [0.5, 0.6) is 0 Å². The lowest BCUT2D eigenvalue weighted by Gasteiger charge is -2.16. The zero-order valence-corrected chi connectivity index (χ0v) is 12.0. The van der Waals surface area contributed by atoms with Crippen LogP contribution in [-0.4, -0.2) is 45.6 Å². The highest BCUT2D eigenvalue weighted by Crippen LogP contribution is 2.32. The van der Waals surface area contributed by atoms with Gasteiger partial charge in [0.05, 0.1) is 17.3 Å². The van der Waals surface area contributed by atoms with Gasteiger partial charge in [0.15, 0.2) is 0 Å². The predicted molar refractivity (Wildman–Crippen MR) is 80.5 cm³/mol. The van der Waals surface area contributed by atoms with E-state index in [0.717, 1.165) is 10.3 Å². The smallest absolute Gasteiger partial charge is 0.332 e. The van der Waals surface area contributed by atoms with Crippen molar-refractivity contribution in [2.75, 3.05) is 11.4 Å². The summed E-state index contributed by atoms with van der Waals surface area (Å²) in [4.78, 5) is 31.6. The lowest BCUT2D eigenvalue weighted by molar-refractivity contribution is -0.121. The summed E-state index contributed by atoms with van der Waals surface area (Å²) in [7, 11) is 0. The first-order valence-corrected chi connectivity index (χ1v) is 7.24. The van der Waals surface area contributed by atoms with Crippen LogP contribution in [0, 0.1) is 11.3 Å². The third kappa shape index (κ3) is 1.89. The highest BCUT2D eigenvalue weighted by atomic mass is 16.3. The second-order valence-corrected chi connectivity index (χ2v) is 5.64. The van der Waals surface area contributed by atoms with Crippen LogP contribution in [-0.2, 0) is 4.79 Å². The van der Waals surface area contributed by atoms with Crippen molar-refractivity contribution in [1.82, 2.24) is 9.88 Å². The average Bonchev–Trinajstić information content (AvgIpc) is 3.06. The molecule has 0 aliphatic carbocycles. The van der Waals surface area contributed by atoms with Crippen LogP contribution in [0.25, 0.3) is 10.9 Å². The number of hydrogen-bond acceptors (Lipinski definition) is 5. The van der Waals surface area contributed by atoms with Crippen molar-refractivity contribution >= 4 is 28.5 Å². The highest BCUT2D eigenvalue weighted by Gasteiger charge is 2.52. The fraction of sp³-hybridized carbons (Fsp3) is 0.250. The van der Waals surface area contributed by atoms with Crippen LogP contribution in [0.2, 0.25) is 0 Å². The Labute approximate surface area is 131 Å². The summed E-state index contributed by atoms with van der Waals surface area (Å²) in [5.74, 6) is -0.402. The molecule has 3 heterocycles. The van der Waals surface area contributed by atoms with Gasteiger partial charge < -0.3 is 10.0 Å². The van der Waals surface area contributed by atoms with Crippen LogP contribution in [0.4, 0.5) is 10.5 Å². The summed E-state index contributed by atoms with van der Waals surface area (Å²) in [5.41, 5.74) is 1.37. The third-order valence-electron chi connectivity index (χ3n) is 4.32. The number of nitriles is 1. The summed E-state index contributed by atoms with van der Waals surface area (Å²) in [6.07, 6.45) is -0.383. The van der Waals surface area contributed by atoms with Gasteiger partial charge in [0.1, 0.15) is 17.8 Å². The first-order chi connectivity index (χ1) is 11.1. The Morgan fingerprint density at radius 1 is 1.26 bits per heavy atom. The van der Waals surface area contributed by atoms with Crippen molar-refractivity contribution in [1.29, 1.82) is 5.26 Å². The van der Waals surface area contributed by atoms with Gasteiger partial charge in [-0.15, -0.1) is 0 Å². The van der Waals surface area contributed by atoms with E-state index in [-0.39, 0.29) is 0 Å². The lowest BCUT2D eigenvalue weighted by atomic mass is 10.1. The lowest BCUT2D eigenvalue weighted by Crippen LogP contribution is -2.36. The van der Waals surface area contributed by atoms with E-state index in [1.807, 2.05) is 6.07 Å². The second-order valence-electron chi connectivity index (χ2n) is 5.64. The number of carbonyl (C=O) groups is 2. The van der Waals surface area contributed by atoms with E-state index in [1.54, 1.807) is 30.3 Å². The average molecular weight is 308 g/mol. The van der Waals surface area contributed by atoms with Gasteiger partial charge in [-0.1, -0.05) is 0 Å². The molecule has 2 aliphatic rings. The summed E-state index contributed by atoms with van der Waals surface area (Å²) < 4.78 is 0. The van der Waals surface area contributed by atoms with Crippen molar-refractivity contribution in [3.8, 4) is 6.07 Å². The van der Waals surface area contributed by atoms with Crippen LogP contribution in [0.1, 0.15) is 12.1 Å². The van der Waals surface area contributed by atoms with E-state index in [0.29, 0.717) is 29.9 Å². The van der Waals surface area contributed by atoms with Gasteiger partial charge in [-0.05, 0) is 36.8 Å². The number of fused-ring (bicyclic) bond motifs is 2. The molecule has 2 aliphatic heterocycles. The molecular formula is C16H12N4O3. The molecule has 0 spiro atoms. The van der Waals surface area contributed by atoms with Crippen LogP contribution in [0.3, 0.4) is 0 Å². The standard InChI is InChI=1S/C16H12N4O3/c17-8-10-2-1-9-7-11(3-4-12(9)18-10)20-15(22)14-13(21)5-6-19(14)16(20)23/h1-4,7,13-14,21H,5-6H2/t13?,14-/m0/s1. The molecule has 2 aromatic rings. The number of carbonyl (C=O) groups excluding carboxylic acids is 2. The van der Waals surface area contributed by atoms with Gasteiger partial charge in [-0.3, -0.25) is 4.79 Å². The monoisotopic (exact) mass is 308 g/mol. The minimum absolute atomic E-state index is 0.308. The van der Waals surface area contributed by atoms with Gasteiger partial charge >= 0.3 is 6.03 Å². The van der Waals surface area contributed by atoms with Gasteiger partial charge in [-0.2, -0.15) is 5.26 Å². The molecule has 1 aromatic carbocycles. The number of hydrogen-bond donors (Lipinski definition) is 1. The van der Waals surface area contributed by atoms with E-state index in [1.165, 1.54) is 4.90 Å². The molecule has 1 unspecified atom stereocenters. The molecular weight excluding hydrogens is 296 g/mol. The van der Waals surface area contributed by atoms with E-state index < -0.39 is 24.1 Å². The molecule has 114 valence electrons. The van der Waals surface area contributed by atoms with Crippen molar-refractivity contribution in [3.05, 3.63) is 36.0 Å². The number of rotatable bonds is 1. The number of amides is 3. The van der Waals surface area contributed by atoms with Crippen molar-refractivity contribution in [2.45, 2.75) is 18.6 Å². The molecule has 1 aromatic heterocycles. The molecule has 7 heteroatoms. The molecule has 23 heavy (non-hydrogen) atoms. The minimum Gasteiger partial charge on any atom is -0.390 e. The molecule has 4 rings (SSSR count). The fourth-order valence-electron chi connectivity index (χ4n) is 3.20. The highest BCUT2D eigenvalue weighted by molar-refractivity contribution is 6.22. The second kappa shape index (κ2) is 4.76. The molecule has 2 saturated heterocycles. The zero-order chi connectivity index (χ0) is 16.1. The maximum atomic E-state index is 12.5. The fourth-order valence-corrected chi connectivity index (χ4v) is 3.20. The Hall–Kier alpha value is -2.98. The predicted octanol–water partition coefficient (Wildman–Crippen LogP) is 1.01. The van der Waals surface area contributed by atoms with Gasteiger partial charge in [0.2, 0.25) is 0 Å². The van der Waals surface area contributed by atoms with Gasteiger partial charge in [-0.25, -0.2) is 14.7 Å². The Kier molecular flexibility index (Phi) is 2.83. The molecule has 3 amide bonds. The van der Waals surface area contributed by atoms with Gasteiger partial charge in [0, 0.05) is 11.9 Å². The number of aliphatic hydroxyl groups excluding tert-OH is 1. The number of pyridine rings is 1. The number of imide groups is 1. The normalized spacial score (nSPS) is 23.5. The molecule has 0 saturated carbocycles. The van der Waals surface area contributed by atoms with Crippen LogP contribution >= 0.6 is 0 Å². The first kappa shape index (κ1) is 13.7. The van der Waals surface area contributed by atoms with E-state index in [4.69, 9.17) is 5.26 Å². The zero-order valence-electron chi connectivity index (χ0n) is 12.0.